The quantitative estimate of drug-likeness (QED) is 0.580. The largest absolute Gasteiger partial charge is 0.330 e. The summed E-state index contributed by atoms with van der Waals surface area (Å²) in [7, 11) is 0. The van der Waals surface area contributed by atoms with E-state index in [9.17, 15) is 9.59 Å². The number of carbonyl (C=O) groups excluding carboxylic acids is 2. The highest BCUT2D eigenvalue weighted by Gasteiger charge is 2.20. The lowest BCUT2D eigenvalue weighted by Crippen LogP contribution is -2.45. The van der Waals surface area contributed by atoms with Crippen LogP contribution in [-0.4, -0.2) is 18.4 Å². The fourth-order valence-corrected chi connectivity index (χ4v) is 1.79. The molecule has 0 heterocycles. The van der Waals surface area contributed by atoms with E-state index in [1.54, 1.807) is 0 Å². The molecule has 1 rings (SSSR count). The summed E-state index contributed by atoms with van der Waals surface area (Å²) in [6.07, 6.45) is 5.52. The molecule has 15 heavy (non-hydrogen) atoms. The molecule has 0 spiro atoms. The second-order valence-corrected chi connectivity index (χ2v) is 3.91. The van der Waals surface area contributed by atoms with E-state index in [1.807, 2.05) is 0 Å². The summed E-state index contributed by atoms with van der Waals surface area (Å²) >= 11 is 0. The molecule has 5 nitrogen and oxygen atoms in total. The lowest BCUT2D eigenvalue weighted by molar-refractivity contribution is -0.131. The topological polar surface area (TPSA) is 84.2 Å². The maximum absolute atomic E-state index is 11.5. The van der Waals surface area contributed by atoms with Crippen LogP contribution in [0, 0.1) is 5.92 Å². The molecular formula is C10H19N3O2. The van der Waals surface area contributed by atoms with Crippen molar-refractivity contribution in [3.8, 4) is 0 Å². The van der Waals surface area contributed by atoms with Crippen LogP contribution in [0.15, 0.2) is 0 Å². The van der Waals surface area contributed by atoms with Gasteiger partial charge in [0, 0.05) is 18.9 Å². The van der Waals surface area contributed by atoms with Crippen LogP contribution in [0.3, 0.4) is 0 Å². The van der Waals surface area contributed by atoms with Crippen LogP contribution in [-0.2, 0) is 9.59 Å². The van der Waals surface area contributed by atoms with E-state index in [-0.39, 0.29) is 24.2 Å². The molecule has 1 aliphatic carbocycles. The highest BCUT2D eigenvalue weighted by atomic mass is 16.2. The van der Waals surface area contributed by atoms with Gasteiger partial charge in [-0.1, -0.05) is 19.3 Å². The molecule has 5 heteroatoms. The molecule has 0 aromatic heterocycles. The molecule has 0 atom stereocenters. The smallest absolute Gasteiger partial charge is 0.241 e. The van der Waals surface area contributed by atoms with Gasteiger partial charge in [0.2, 0.25) is 11.8 Å². The Morgan fingerprint density at radius 3 is 2.40 bits per heavy atom. The number of carbonyl (C=O) groups is 2. The minimum atomic E-state index is -0.235. The second kappa shape index (κ2) is 6.40. The fraction of sp³-hybridized carbons (Fsp3) is 0.800. The third kappa shape index (κ3) is 4.29. The average molecular weight is 213 g/mol. The van der Waals surface area contributed by atoms with Crippen molar-refractivity contribution in [2.75, 3.05) is 6.54 Å². The number of hydrogen-bond acceptors (Lipinski definition) is 3. The van der Waals surface area contributed by atoms with E-state index < -0.39 is 0 Å². The summed E-state index contributed by atoms with van der Waals surface area (Å²) in [6.45, 7) is 0.297. The van der Waals surface area contributed by atoms with Crippen LogP contribution in [0.1, 0.15) is 38.5 Å². The number of hydrogen-bond donors (Lipinski definition) is 3. The maximum atomic E-state index is 11.5. The SMILES string of the molecule is NCCC(=O)NNC(=O)C1CCCCC1. The summed E-state index contributed by atoms with van der Waals surface area (Å²) in [6, 6.07) is 0. The Bertz CT molecular complexity index is 225. The van der Waals surface area contributed by atoms with Crippen LogP contribution < -0.4 is 16.6 Å². The molecule has 0 bridgehead atoms. The number of rotatable bonds is 3. The molecule has 0 saturated heterocycles. The van der Waals surface area contributed by atoms with Crippen LogP contribution in [0.2, 0.25) is 0 Å². The third-order valence-electron chi connectivity index (χ3n) is 2.67. The van der Waals surface area contributed by atoms with E-state index in [2.05, 4.69) is 10.9 Å². The van der Waals surface area contributed by atoms with E-state index in [4.69, 9.17) is 5.73 Å². The van der Waals surface area contributed by atoms with Crippen molar-refractivity contribution >= 4 is 11.8 Å². The number of amides is 2. The van der Waals surface area contributed by atoms with Gasteiger partial charge in [0.15, 0.2) is 0 Å². The van der Waals surface area contributed by atoms with Crippen LogP contribution >= 0.6 is 0 Å². The Kier molecular flexibility index (Phi) is 5.10. The van der Waals surface area contributed by atoms with E-state index in [0.717, 1.165) is 25.7 Å². The zero-order valence-corrected chi connectivity index (χ0v) is 8.92. The van der Waals surface area contributed by atoms with Gasteiger partial charge >= 0.3 is 0 Å². The lowest BCUT2D eigenvalue weighted by Gasteiger charge is -2.20. The molecular weight excluding hydrogens is 194 g/mol. The van der Waals surface area contributed by atoms with Gasteiger partial charge in [0.1, 0.15) is 0 Å². The third-order valence-corrected chi connectivity index (χ3v) is 2.67. The monoisotopic (exact) mass is 213 g/mol. The van der Waals surface area contributed by atoms with Crippen LogP contribution in [0.25, 0.3) is 0 Å². The maximum Gasteiger partial charge on any atom is 0.241 e. The summed E-state index contributed by atoms with van der Waals surface area (Å²) in [5, 5.41) is 0. The van der Waals surface area contributed by atoms with Crippen LogP contribution in [0.5, 0.6) is 0 Å². The van der Waals surface area contributed by atoms with Gasteiger partial charge in [0.05, 0.1) is 0 Å². The highest BCUT2D eigenvalue weighted by Crippen LogP contribution is 2.23. The number of nitrogens with two attached hydrogens (primary N) is 1. The van der Waals surface area contributed by atoms with E-state index >= 15 is 0 Å². The zero-order chi connectivity index (χ0) is 11.1. The minimum Gasteiger partial charge on any atom is -0.330 e. The molecule has 0 unspecified atom stereocenters. The Morgan fingerprint density at radius 2 is 1.80 bits per heavy atom. The first kappa shape index (κ1) is 12.0. The molecule has 1 saturated carbocycles. The van der Waals surface area contributed by atoms with Crippen molar-refractivity contribution in [3.63, 3.8) is 0 Å². The number of nitrogens with one attached hydrogen (secondary N) is 2. The normalized spacial score (nSPS) is 17.1. The van der Waals surface area contributed by atoms with Crippen molar-refractivity contribution < 1.29 is 9.59 Å². The van der Waals surface area contributed by atoms with Gasteiger partial charge in [-0.05, 0) is 12.8 Å². The van der Waals surface area contributed by atoms with Gasteiger partial charge < -0.3 is 5.73 Å². The molecule has 0 radical (unpaired) electrons. The van der Waals surface area contributed by atoms with Gasteiger partial charge in [-0.3, -0.25) is 20.4 Å². The van der Waals surface area contributed by atoms with Gasteiger partial charge in [-0.25, -0.2) is 0 Å². The van der Waals surface area contributed by atoms with Crippen molar-refractivity contribution in [3.05, 3.63) is 0 Å². The first-order valence-electron chi connectivity index (χ1n) is 5.53. The molecule has 1 aliphatic rings. The predicted molar refractivity (Wildman–Crippen MR) is 56.5 cm³/mol. The van der Waals surface area contributed by atoms with Crippen molar-refractivity contribution in [2.24, 2.45) is 11.7 Å². The van der Waals surface area contributed by atoms with Crippen molar-refractivity contribution in [1.29, 1.82) is 0 Å². The summed E-state index contributed by atoms with van der Waals surface area (Å²) in [5.41, 5.74) is 10.0. The van der Waals surface area contributed by atoms with E-state index in [0.29, 0.717) is 6.54 Å². The van der Waals surface area contributed by atoms with Crippen LogP contribution in [0.4, 0.5) is 0 Å². The Morgan fingerprint density at radius 1 is 1.13 bits per heavy atom. The number of hydrazine groups is 1. The minimum absolute atomic E-state index is 0.0666. The predicted octanol–water partition coefficient (Wildman–Crippen LogP) is 0.0629. The van der Waals surface area contributed by atoms with E-state index in [1.165, 1.54) is 6.42 Å². The molecule has 0 aromatic carbocycles. The molecule has 86 valence electrons. The molecule has 4 N–H and O–H groups in total. The Balaban J connectivity index is 2.19. The highest BCUT2D eigenvalue weighted by molar-refractivity contribution is 5.83. The Hall–Kier alpha value is -1.10. The average Bonchev–Trinajstić information content (AvgIpc) is 2.27. The first-order chi connectivity index (χ1) is 7.24. The fourth-order valence-electron chi connectivity index (χ4n) is 1.79. The van der Waals surface area contributed by atoms with Gasteiger partial charge in [0.25, 0.3) is 0 Å². The molecule has 0 aliphatic heterocycles. The second-order valence-electron chi connectivity index (χ2n) is 3.91. The molecule has 1 fully saturated rings. The van der Waals surface area contributed by atoms with Crippen molar-refractivity contribution in [1.82, 2.24) is 10.9 Å². The summed E-state index contributed by atoms with van der Waals surface area (Å²) < 4.78 is 0. The van der Waals surface area contributed by atoms with Gasteiger partial charge in [-0.2, -0.15) is 0 Å². The molecule has 2 amide bonds. The standard InChI is InChI=1S/C10H19N3O2/c11-7-6-9(14)12-13-10(15)8-4-2-1-3-5-8/h8H,1-7,11H2,(H,12,14)(H,13,15). The molecule has 0 aromatic rings. The first-order valence-corrected chi connectivity index (χ1v) is 5.53. The zero-order valence-electron chi connectivity index (χ0n) is 8.92. The summed E-state index contributed by atoms with van der Waals surface area (Å²) in [4.78, 5) is 22.6. The van der Waals surface area contributed by atoms with Crippen molar-refractivity contribution in [2.45, 2.75) is 38.5 Å². The Labute approximate surface area is 89.8 Å². The lowest BCUT2D eigenvalue weighted by atomic mass is 9.89. The van der Waals surface area contributed by atoms with Gasteiger partial charge in [-0.15, -0.1) is 0 Å². The summed E-state index contributed by atoms with van der Waals surface area (Å²) in [5.74, 6) is -0.237.